The number of pyridine rings is 1. The normalized spacial score (nSPS) is 14.3. The van der Waals surface area contributed by atoms with Crippen molar-refractivity contribution < 1.29 is 14.6 Å². The Balaban J connectivity index is 1.68. The van der Waals surface area contributed by atoms with Gasteiger partial charge in [0.25, 0.3) is 0 Å². The van der Waals surface area contributed by atoms with E-state index in [0.29, 0.717) is 37.0 Å². The highest BCUT2D eigenvalue weighted by Crippen LogP contribution is 2.31. The summed E-state index contributed by atoms with van der Waals surface area (Å²) in [7, 11) is 0. The molecule has 8 nitrogen and oxygen atoms in total. The van der Waals surface area contributed by atoms with E-state index in [1.54, 1.807) is 23.9 Å². The quantitative estimate of drug-likeness (QED) is 0.354. The number of nitrogens with zero attached hydrogens (tertiary/aromatic N) is 3. The lowest BCUT2D eigenvalue weighted by molar-refractivity contribution is 0.00948. The number of nitrogens with two attached hydrogens (primary N) is 1. The van der Waals surface area contributed by atoms with Crippen LogP contribution < -0.4 is 15.8 Å². The Bertz CT molecular complexity index is 1010. The van der Waals surface area contributed by atoms with E-state index in [-0.39, 0.29) is 0 Å². The van der Waals surface area contributed by atoms with Gasteiger partial charge in [0.1, 0.15) is 10.7 Å². The van der Waals surface area contributed by atoms with E-state index in [9.17, 15) is 9.90 Å². The number of aryl methyl sites for hydroxylation is 1. The first-order valence-corrected chi connectivity index (χ1v) is 10.2. The Kier molecular flexibility index (Phi) is 6.79. The summed E-state index contributed by atoms with van der Waals surface area (Å²) in [5, 5.41) is 19.2. The minimum Gasteiger partial charge on any atom is -0.476 e. The summed E-state index contributed by atoms with van der Waals surface area (Å²) in [5.41, 5.74) is 5.65. The van der Waals surface area contributed by atoms with Gasteiger partial charge in [0.05, 0.1) is 24.4 Å². The molecule has 2 unspecified atom stereocenters. The number of urea groups is 1. The van der Waals surface area contributed by atoms with Crippen molar-refractivity contribution in [3.8, 4) is 5.88 Å². The average molecular weight is 432 g/mol. The van der Waals surface area contributed by atoms with Crippen LogP contribution in [0.25, 0.3) is 10.9 Å². The molecule has 0 bridgehead atoms. The minimum absolute atomic E-state index is 0.311. The number of hydrogen-bond acceptors (Lipinski definition) is 5. The van der Waals surface area contributed by atoms with Gasteiger partial charge in [-0.15, -0.1) is 0 Å². The molecule has 0 saturated heterocycles. The summed E-state index contributed by atoms with van der Waals surface area (Å²) in [5.74, 6) is 0.409. The number of primary amides is 1. The van der Waals surface area contributed by atoms with E-state index in [1.807, 2.05) is 37.3 Å². The summed E-state index contributed by atoms with van der Waals surface area (Å²) >= 11 is 6.10. The third-order valence-electron chi connectivity index (χ3n) is 4.96. The van der Waals surface area contributed by atoms with Crippen LogP contribution in [-0.2, 0) is 6.54 Å². The molecular formula is C21H26ClN5O3. The van der Waals surface area contributed by atoms with Gasteiger partial charge in [-0.25, -0.2) is 4.79 Å². The zero-order valence-electron chi connectivity index (χ0n) is 17.0. The van der Waals surface area contributed by atoms with E-state index >= 15 is 0 Å². The lowest BCUT2D eigenvalue weighted by Crippen LogP contribution is -2.46. The Labute approximate surface area is 180 Å². The summed E-state index contributed by atoms with van der Waals surface area (Å²) in [6.07, 6.45) is 2.61. The Morgan fingerprint density at radius 1 is 1.40 bits per heavy atom. The molecule has 0 aliphatic rings. The number of fused-ring (bicyclic) bond motifs is 1. The van der Waals surface area contributed by atoms with E-state index in [0.717, 1.165) is 16.5 Å². The van der Waals surface area contributed by atoms with Gasteiger partial charge >= 0.3 is 6.03 Å². The number of rotatable bonds is 9. The van der Waals surface area contributed by atoms with Crippen molar-refractivity contribution >= 4 is 28.5 Å². The lowest BCUT2D eigenvalue weighted by atomic mass is 9.86. The largest absolute Gasteiger partial charge is 0.476 e. The zero-order valence-corrected chi connectivity index (χ0v) is 17.8. The predicted molar refractivity (Wildman–Crippen MR) is 115 cm³/mol. The van der Waals surface area contributed by atoms with Gasteiger partial charge in [0.15, 0.2) is 0 Å². The highest BCUT2D eigenvalue weighted by atomic mass is 35.5. The summed E-state index contributed by atoms with van der Waals surface area (Å²) in [6.45, 7) is 4.64. The van der Waals surface area contributed by atoms with Crippen LogP contribution in [0.15, 0.2) is 42.6 Å². The molecule has 30 heavy (non-hydrogen) atoms. The third kappa shape index (κ3) is 5.01. The fourth-order valence-corrected chi connectivity index (χ4v) is 3.71. The smallest absolute Gasteiger partial charge is 0.312 e. The van der Waals surface area contributed by atoms with Crippen LogP contribution in [0.4, 0.5) is 4.79 Å². The first kappa shape index (κ1) is 21.9. The first-order valence-electron chi connectivity index (χ1n) is 9.80. The van der Waals surface area contributed by atoms with Crippen LogP contribution in [0.5, 0.6) is 5.88 Å². The number of aliphatic hydroxyl groups is 1. The number of carbonyl (C=O) groups excluding carboxylic acids is 1. The molecule has 3 rings (SSSR count). The van der Waals surface area contributed by atoms with Crippen LogP contribution in [0, 0.1) is 0 Å². The van der Waals surface area contributed by atoms with Gasteiger partial charge in [0.2, 0.25) is 5.88 Å². The summed E-state index contributed by atoms with van der Waals surface area (Å²) < 4.78 is 7.68. The van der Waals surface area contributed by atoms with Crippen LogP contribution in [0.2, 0.25) is 5.15 Å². The number of ether oxygens (including phenoxy) is 1. The maximum Gasteiger partial charge on any atom is 0.312 e. The second kappa shape index (κ2) is 9.32. The fourth-order valence-electron chi connectivity index (χ4n) is 3.52. The van der Waals surface area contributed by atoms with Crippen molar-refractivity contribution in [2.45, 2.75) is 44.9 Å². The standard InChI is InChI=1S/C21H26ClN5O3/c1-3-27-17-15(13-24-27)12-16(22)25-19(17)30-11-7-10-21(2,29)18(26-20(23)28)14-8-5-4-6-9-14/h4-6,8-9,12-13,18,29H,3,7,10-11H2,1-2H3,(H3,23,26,28). The molecule has 9 heteroatoms. The maximum atomic E-state index is 11.5. The minimum atomic E-state index is -1.23. The topological polar surface area (TPSA) is 115 Å². The van der Waals surface area contributed by atoms with E-state index in [2.05, 4.69) is 15.4 Å². The number of nitrogens with one attached hydrogen (secondary N) is 1. The second-order valence-electron chi connectivity index (χ2n) is 7.31. The van der Waals surface area contributed by atoms with Gasteiger partial charge in [-0.3, -0.25) is 4.68 Å². The Hall–Kier alpha value is -2.84. The number of halogens is 1. The lowest BCUT2D eigenvalue weighted by Gasteiger charge is -2.33. The van der Waals surface area contributed by atoms with Crippen molar-refractivity contribution in [1.29, 1.82) is 0 Å². The van der Waals surface area contributed by atoms with Gasteiger partial charge < -0.3 is 20.9 Å². The molecule has 0 aliphatic heterocycles. The molecule has 0 saturated carbocycles. The first-order chi connectivity index (χ1) is 14.3. The number of carbonyl (C=O) groups is 1. The fraction of sp³-hybridized carbons (Fsp3) is 0.381. The van der Waals surface area contributed by atoms with Crippen LogP contribution >= 0.6 is 11.6 Å². The molecule has 0 aliphatic carbocycles. The molecule has 2 amide bonds. The molecule has 0 fully saturated rings. The van der Waals surface area contributed by atoms with E-state index < -0.39 is 17.7 Å². The van der Waals surface area contributed by atoms with Crippen molar-refractivity contribution in [2.75, 3.05) is 6.61 Å². The van der Waals surface area contributed by atoms with Crippen molar-refractivity contribution in [3.05, 3.63) is 53.3 Å². The van der Waals surface area contributed by atoms with E-state index in [4.69, 9.17) is 22.1 Å². The van der Waals surface area contributed by atoms with Gasteiger partial charge in [-0.05, 0) is 38.3 Å². The highest BCUT2D eigenvalue weighted by Gasteiger charge is 2.33. The van der Waals surface area contributed by atoms with Crippen LogP contribution in [0.3, 0.4) is 0 Å². The van der Waals surface area contributed by atoms with Crippen molar-refractivity contribution in [1.82, 2.24) is 20.1 Å². The number of aromatic nitrogens is 3. The summed E-state index contributed by atoms with van der Waals surface area (Å²) in [6, 6.07) is 9.64. The average Bonchev–Trinajstić information content (AvgIpc) is 3.12. The summed E-state index contributed by atoms with van der Waals surface area (Å²) in [4.78, 5) is 15.8. The molecule has 1 aromatic carbocycles. The number of hydrogen-bond donors (Lipinski definition) is 3. The number of benzene rings is 1. The molecule has 3 aromatic rings. The van der Waals surface area contributed by atoms with Crippen LogP contribution in [-0.4, -0.2) is 38.1 Å². The molecule has 2 aromatic heterocycles. The predicted octanol–water partition coefficient (Wildman–Crippen LogP) is 3.42. The molecule has 160 valence electrons. The molecular weight excluding hydrogens is 406 g/mol. The Morgan fingerprint density at radius 3 is 2.80 bits per heavy atom. The maximum absolute atomic E-state index is 11.5. The molecule has 4 N–H and O–H groups in total. The van der Waals surface area contributed by atoms with Crippen molar-refractivity contribution in [2.24, 2.45) is 5.73 Å². The monoisotopic (exact) mass is 431 g/mol. The van der Waals surface area contributed by atoms with Crippen molar-refractivity contribution in [3.63, 3.8) is 0 Å². The highest BCUT2D eigenvalue weighted by molar-refractivity contribution is 6.30. The molecule has 0 radical (unpaired) electrons. The third-order valence-corrected chi connectivity index (χ3v) is 5.15. The second-order valence-corrected chi connectivity index (χ2v) is 7.70. The SMILES string of the molecule is CCn1ncc2cc(Cl)nc(OCCCC(C)(O)C(NC(N)=O)c3ccccc3)c21. The van der Waals surface area contributed by atoms with Gasteiger partial charge in [-0.1, -0.05) is 41.9 Å². The van der Waals surface area contributed by atoms with Crippen LogP contribution in [0.1, 0.15) is 38.3 Å². The number of amides is 2. The van der Waals surface area contributed by atoms with Gasteiger partial charge in [0, 0.05) is 11.9 Å². The molecule has 2 heterocycles. The Morgan fingerprint density at radius 2 is 2.13 bits per heavy atom. The zero-order chi connectivity index (χ0) is 21.7. The molecule has 0 spiro atoms. The van der Waals surface area contributed by atoms with Gasteiger partial charge in [-0.2, -0.15) is 10.1 Å². The van der Waals surface area contributed by atoms with E-state index in [1.165, 1.54) is 0 Å². The molecule has 2 atom stereocenters.